The normalized spacial score (nSPS) is 27.4. The molecule has 0 radical (unpaired) electrons. The largest absolute Gasteiger partial charge is 0.342 e. The van der Waals surface area contributed by atoms with Gasteiger partial charge in [-0.2, -0.15) is 0 Å². The molecule has 1 spiro atoms. The SMILES string of the molecule is CCCN1CCCC2(CCN(C(=O)CN3C(=O)CNC3=O)C2)C1=O. The average Bonchev–Trinajstić information content (AvgIpc) is 3.12. The molecule has 1 N–H and O–H groups in total. The molecule has 8 heteroatoms. The van der Waals surface area contributed by atoms with Crippen LogP contribution >= 0.6 is 0 Å². The van der Waals surface area contributed by atoms with Gasteiger partial charge in [0.1, 0.15) is 6.54 Å². The van der Waals surface area contributed by atoms with Crippen molar-refractivity contribution >= 4 is 23.8 Å². The highest BCUT2D eigenvalue weighted by Crippen LogP contribution is 2.40. The molecule has 0 aliphatic carbocycles. The zero-order valence-electron chi connectivity index (χ0n) is 14.0. The van der Waals surface area contributed by atoms with Crippen molar-refractivity contribution in [2.75, 3.05) is 39.3 Å². The van der Waals surface area contributed by atoms with Crippen molar-refractivity contribution in [3.05, 3.63) is 0 Å². The summed E-state index contributed by atoms with van der Waals surface area (Å²) in [4.78, 5) is 52.9. The Morgan fingerprint density at radius 1 is 1.21 bits per heavy atom. The molecule has 5 amide bonds. The van der Waals surface area contributed by atoms with E-state index < -0.39 is 11.4 Å². The second kappa shape index (κ2) is 6.41. The molecule has 0 aromatic heterocycles. The van der Waals surface area contributed by atoms with Gasteiger partial charge in [-0.15, -0.1) is 0 Å². The fourth-order valence-corrected chi connectivity index (χ4v) is 3.95. The minimum Gasteiger partial charge on any atom is -0.342 e. The highest BCUT2D eigenvalue weighted by molar-refractivity contribution is 6.04. The quantitative estimate of drug-likeness (QED) is 0.719. The number of piperidine rings is 1. The number of nitrogens with zero attached hydrogens (tertiary/aromatic N) is 3. The predicted molar refractivity (Wildman–Crippen MR) is 84.8 cm³/mol. The van der Waals surface area contributed by atoms with E-state index in [4.69, 9.17) is 0 Å². The van der Waals surface area contributed by atoms with Crippen LogP contribution in [-0.2, 0) is 14.4 Å². The summed E-state index contributed by atoms with van der Waals surface area (Å²) in [6, 6.07) is -0.523. The number of rotatable bonds is 4. The summed E-state index contributed by atoms with van der Waals surface area (Å²) in [6.07, 6.45) is 3.36. The van der Waals surface area contributed by atoms with Crippen molar-refractivity contribution in [2.24, 2.45) is 5.41 Å². The maximum absolute atomic E-state index is 12.8. The van der Waals surface area contributed by atoms with Gasteiger partial charge in [0.05, 0.1) is 12.0 Å². The molecule has 3 heterocycles. The van der Waals surface area contributed by atoms with E-state index in [1.807, 2.05) is 4.90 Å². The molecule has 1 atom stereocenters. The summed E-state index contributed by atoms with van der Waals surface area (Å²) in [6.45, 7) is 4.22. The van der Waals surface area contributed by atoms with Crippen LogP contribution in [0.1, 0.15) is 32.6 Å². The number of carbonyl (C=O) groups is 4. The number of likely N-dealkylation sites (tertiary alicyclic amines) is 2. The first kappa shape index (κ1) is 16.7. The minimum atomic E-state index is -0.523. The van der Waals surface area contributed by atoms with Gasteiger partial charge in [0.15, 0.2) is 0 Å². The van der Waals surface area contributed by atoms with Crippen molar-refractivity contribution in [3.8, 4) is 0 Å². The summed E-state index contributed by atoms with van der Waals surface area (Å²) in [5.74, 6) is -0.497. The van der Waals surface area contributed by atoms with Crippen LogP contribution in [0.2, 0.25) is 0 Å². The van der Waals surface area contributed by atoms with Crippen LogP contribution in [0.5, 0.6) is 0 Å². The van der Waals surface area contributed by atoms with Crippen molar-refractivity contribution in [1.82, 2.24) is 20.0 Å². The van der Waals surface area contributed by atoms with Crippen LogP contribution in [0.25, 0.3) is 0 Å². The lowest BCUT2D eigenvalue weighted by Gasteiger charge is -2.39. The Morgan fingerprint density at radius 2 is 2.00 bits per heavy atom. The van der Waals surface area contributed by atoms with E-state index in [2.05, 4.69) is 12.2 Å². The Morgan fingerprint density at radius 3 is 2.67 bits per heavy atom. The van der Waals surface area contributed by atoms with Crippen molar-refractivity contribution in [1.29, 1.82) is 0 Å². The Kier molecular flexibility index (Phi) is 4.47. The molecule has 0 aromatic rings. The number of urea groups is 1. The number of carbonyl (C=O) groups excluding carboxylic acids is 4. The summed E-state index contributed by atoms with van der Waals surface area (Å²) in [7, 11) is 0. The molecule has 132 valence electrons. The molecule has 0 aromatic carbocycles. The van der Waals surface area contributed by atoms with Crippen LogP contribution in [0.4, 0.5) is 4.79 Å². The highest BCUT2D eigenvalue weighted by atomic mass is 16.2. The predicted octanol–water partition coefficient (Wildman–Crippen LogP) is -0.211. The molecule has 24 heavy (non-hydrogen) atoms. The van der Waals surface area contributed by atoms with Crippen LogP contribution in [0, 0.1) is 5.41 Å². The van der Waals surface area contributed by atoms with Gasteiger partial charge in [-0.3, -0.25) is 19.3 Å². The second-order valence-corrected chi connectivity index (χ2v) is 6.88. The Hall–Kier alpha value is -2.12. The molecular weight excluding hydrogens is 312 g/mol. The molecule has 0 saturated carbocycles. The van der Waals surface area contributed by atoms with Crippen LogP contribution in [-0.4, -0.2) is 77.7 Å². The lowest BCUT2D eigenvalue weighted by Crippen LogP contribution is -2.51. The smallest absolute Gasteiger partial charge is 0.325 e. The van der Waals surface area contributed by atoms with Gasteiger partial charge in [-0.1, -0.05) is 6.92 Å². The summed E-state index contributed by atoms with van der Waals surface area (Å²) >= 11 is 0. The fourth-order valence-electron chi connectivity index (χ4n) is 3.95. The first-order chi connectivity index (χ1) is 11.5. The molecule has 3 saturated heterocycles. The van der Waals surface area contributed by atoms with Gasteiger partial charge in [0.2, 0.25) is 11.8 Å². The lowest BCUT2D eigenvalue weighted by atomic mass is 9.78. The highest BCUT2D eigenvalue weighted by Gasteiger charge is 2.49. The van der Waals surface area contributed by atoms with E-state index in [1.165, 1.54) is 0 Å². The Labute approximate surface area is 141 Å². The average molecular weight is 336 g/mol. The minimum absolute atomic E-state index is 0.0550. The second-order valence-electron chi connectivity index (χ2n) is 6.88. The number of nitrogens with one attached hydrogen (secondary N) is 1. The maximum Gasteiger partial charge on any atom is 0.325 e. The summed E-state index contributed by atoms with van der Waals surface area (Å²) in [5.41, 5.74) is -0.472. The van der Waals surface area contributed by atoms with Gasteiger partial charge in [-0.05, 0) is 25.7 Å². The van der Waals surface area contributed by atoms with Crippen LogP contribution in [0.3, 0.4) is 0 Å². The van der Waals surface area contributed by atoms with E-state index in [9.17, 15) is 19.2 Å². The monoisotopic (exact) mass is 336 g/mol. The topological polar surface area (TPSA) is 90.0 Å². The number of imide groups is 1. The van der Waals surface area contributed by atoms with E-state index in [1.54, 1.807) is 4.90 Å². The fraction of sp³-hybridized carbons (Fsp3) is 0.750. The zero-order valence-corrected chi connectivity index (χ0v) is 14.0. The number of amides is 5. The van der Waals surface area contributed by atoms with Gasteiger partial charge in [0.25, 0.3) is 5.91 Å². The first-order valence-corrected chi connectivity index (χ1v) is 8.62. The summed E-state index contributed by atoms with van der Waals surface area (Å²) < 4.78 is 0. The molecule has 3 fully saturated rings. The van der Waals surface area contributed by atoms with Gasteiger partial charge in [0, 0.05) is 26.2 Å². The van der Waals surface area contributed by atoms with Crippen molar-refractivity contribution in [3.63, 3.8) is 0 Å². The maximum atomic E-state index is 12.8. The number of hydrogen-bond donors (Lipinski definition) is 1. The first-order valence-electron chi connectivity index (χ1n) is 8.62. The van der Waals surface area contributed by atoms with E-state index in [0.717, 1.165) is 37.3 Å². The molecule has 8 nitrogen and oxygen atoms in total. The van der Waals surface area contributed by atoms with Gasteiger partial charge >= 0.3 is 6.03 Å². The van der Waals surface area contributed by atoms with E-state index >= 15 is 0 Å². The molecule has 0 bridgehead atoms. The number of hydrogen-bond acceptors (Lipinski definition) is 4. The third-order valence-electron chi connectivity index (χ3n) is 5.25. The van der Waals surface area contributed by atoms with Gasteiger partial charge < -0.3 is 15.1 Å². The zero-order chi connectivity index (χ0) is 17.3. The van der Waals surface area contributed by atoms with Crippen LogP contribution in [0.15, 0.2) is 0 Å². The summed E-state index contributed by atoms with van der Waals surface area (Å²) in [5, 5.41) is 2.40. The Bertz CT molecular complexity index is 560. The third-order valence-corrected chi connectivity index (χ3v) is 5.25. The molecule has 3 aliphatic rings. The van der Waals surface area contributed by atoms with E-state index in [-0.39, 0.29) is 30.8 Å². The van der Waals surface area contributed by atoms with Crippen molar-refractivity contribution in [2.45, 2.75) is 32.6 Å². The van der Waals surface area contributed by atoms with E-state index in [0.29, 0.717) is 19.5 Å². The standard InChI is InChI=1S/C16H24N4O4/c1-2-6-18-7-3-4-16(14(18)23)5-8-19(11-16)13(22)10-20-12(21)9-17-15(20)24/h2-11H2,1H3,(H,17,24). The van der Waals surface area contributed by atoms with Crippen molar-refractivity contribution < 1.29 is 19.2 Å². The third kappa shape index (κ3) is 2.85. The molecular formula is C16H24N4O4. The molecule has 1 unspecified atom stereocenters. The van der Waals surface area contributed by atoms with Gasteiger partial charge in [-0.25, -0.2) is 4.79 Å². The van der Waals surface area contributed by atoms with Crippen LogP contribution < -0.4 is 5.32 Å². The molecule has 3 aliphatic heterocycles. The Balaban J connectivity index is 1.64. The lowest BCUT2D eigenvalue weighted by molar-refractivity contribution is -0.146. The molecule has 3 rings (SSSR count).